The Kier molecular flexibility index (Phi) is 66.4. The summed E-state index contributed by atoms with van der Waals surface area (Å²) in [5.41, 5.74) is 0. The molecular formula is C73H137NO5. The number of carbonyl (C=O) groups excluding carboxylic acids is 2. The van der Waals surface area contributed by atoms with E-state index in [4.69, 9.17) is 4.74 Å². The minimum atomic E-state index is -0.844. The number of hydrogen-bond acceptors (Lipinski definition) is 5. The lowest BCUT2D eigenvalue weighted by Gasteiger charge is -2.20. The Hall–Kier alpha value is -2.18. The molecule has 0 bridgehead atoms. The molecule has 0 aliphatic heterocycles. The number of rotatable bonds is 66. The van der Waals surface area contributed by atoms with Gasteiger partial charge in [-0.05, 0) is 89.9 Å². The van der Waals surface area contributed by atoms with Crippen LogP contribution in [0.25, 0.3) is 0 Å². The number of ether oxygens (including phenoxy) is 1. The third-order valence-electron chi connectivity index (χ3n) is 16.3. The maximum absolute atomic E-state index is 12.5. The first-order chi connectivity index (χ1) is 39.0. The van der Waals surface area contributed by atoms with Crippen LogP contribution in [0.15, 0.2) is 48.6 Å². The molecule has 0 fully saturated rings. The highest BCUT2D eigenvalue weighted by molar-refractivity contribution is 5.76. The SMILES string of the molecule is CCCCCCCCC/C=C\CCCCCCCCCC(=O)OCCCCCCCCCCC/C=C\C/C=C\CCCCCCCCCCCCCCCCCC(=O)NC(CO)C(O)/C=C/CCCCCCCCCCCCC. The van der Waals surface area contributed by atoms with Gasteiger partial charge >= 0.3 is 5.97 Å². The van der Waals surface area contributed by atoms with E-state index in [0.717, 1.165) is 51.4 Å². The van der Waals surface area contributed by atoms with Crippen LogP contribution in [0.1, 0.15) is 380 Å². The number of amides is 1. The summed E-state index contributed by atoms with van der Waals surface area (Å²) in [7, 11) is 0. The fourth-order valence-electron chi connectivity index (χ4n) is 10.9. The molecule has 2 atom stereocenters. The first-order valence-corrected chi connectivity index (χ1v) is 35.4. The fourth-order valence-corrected chi connectivity index (χ4v) is 10.9. The van der Waals surface area contributed by atoms with Crippen LogP contribution in [0.5, 0.6) is 0 Å². The topological polar surface area (TPSA) is 95.9 Å². The molecule has 0 aromatic carbocycles. The van der Waals surface area contributed by atoms with E-state index in [1.807, 2.05) is 6.08 Å². The van der Waals surface area contributed by atoms with Crippen LogP contribution in [0.3, 0.4) is 0 Å². The van der Waals surface area contributed by atoms with E-state index in [1.54, 1.807) is 6.08 Å². The second kappa shape index (κ2) is 68.3. The molecule has 79 heavy (non-hydrogen) atoms. The fraction of sp³-hybridized carbons (Fsp3) is 0.863. The molecule has 0 rings (SSSR count). The van der Waals surface area contributed by atoms with Gasteiger partial charge in [-0.25, -0.2) is 0 Å². The Labute approximate surface area is 493 Å². The number of esters is 1. The molecule has 0 heterocycles. The zero-order chi connectivity index (χ0) is 57.1. The van der Waals surface area contributed by atoms with Gasteiger partial charge in [0.25, 0.3) is 0 Å². The molecule has 0 aromatic heterocycles. The predicted molar refractivity (Wildman–Crippen MR) is 347 cm³/mol. The quantitative estimate of drug-likeness (QED) is 0.0320. The van der Waals surface area contributed by atoms with Crippen molar-refractivity contribution in [1.29, 1.82) is 0 Å². The van der Waals surface area contributed by atoms with Crippen LogP contribution in [-0.2, 0) is 14.3 Å². The molecule has 0 spiro atoms. The second-order valence-electron chi connectivity index (χ2n) is 24.2. The van der Waals surface area contributed by atoms with Crippen molar-refractivity contribution in [2.45, 2.75) is 392 Å². The molecule has 0 aliphatic carbocycles. The summed E-state index contributed by atoms with van der Waals surface area (Å²) in [4.78, 5) is 24.6. The average molecular weight is 1110 g/mol. The lowest BCUT2D eigenvalue weighted by Crippen LogP contribution is -2.45. The van der Waals surface area contributed by atoms with Crippen LogP contribution < -0.4 is 5.32 Å². The maximum Gasteiger partial charge on any atom is 0.305 e. The molecule has 464 valence electrons. The van der Waals surface area contributed by atoms with E-state index in [-0.39, 0.29) is 18.5 Å². The summed E-state index contributed by atoms with van der Waals surface area (Å²) in [6.45, 7) is 4.91. The second-order valence-corrected chi connectivity index (χ2v) is 24.2. The maximum atomic E-state index is 12.5. The number of unbranched alkanes of at least 4 members (excludes halogenated alkanes) is 49. The van der Waals surface area contributed by atoms with Gasteiger partial charge in [-0.15, -0.1) is 0 Å². The van der Waals surface area contributed by atoms with Crippen molar-refractivity contribution >= 4 is 11.9 Å². The third-order valence-corrected chi connectivity index (χ3v) is 16.3. The van der Waals surface area contributed by atoms with Crippen LogP contribution in [0.2, 0.25) is 0 Å². The van der Waals surface area contributed by atoms with Crippen LogP contribution >= 0.6 is 0 Å². The first-order valence-electron chi connectivity index (χ1n) is 35.4. The predicted octanol–water partition coefficient (Wildman–Crippen LogP) is 22.9. The van der Waals surface area contributed by atoms with Gasteiger partial charge in [-0.1, -0.05) is 326 Å². The summed E-state index contributed by atoms with van der Waals surface area (Å²) in [6, 6.07) is -0.627. The van der Waals surface area contributed by atoms with Crippen LogP contribution in [0, 0.1) is 0 Å². The highest BCUT2D eigenvalue weighted by Crippen LogP contribution is 2.18. The largest absolute Gasteiger partial charge is 0.466 e. The Bertz CT molecular complexity index is 1320. The Balaban J connectivity index is 3.39. The zero-order valence-electron chi connectivity index (χ0n) is 53.1. The van der Waals surface area contributed by atoms with Crippen LogP contribution in [0.4, 0.5) is 0 Å². The molecule has 3 N–H and O–H groups in total. The molecular weight excluding hydrogens is 971 g/mol. The van der Waals surface area contributed by atoms with E-state index in [2.05, 4.69) is 55.6 Å². The molecule has 0 radical (unpaired) electrons. The van der Waals surface area contributed by atoms with Crippen molar-refractivity contribution in [2.24, 2.45) is 0 Å². The highest BCUT2D eigenvalue weighted by Gasteiger charge is 2.18. The number of aliphatic hydroxyl groups is 2. The molecule has 0 saturated heterocycles. The van der Waals surface area contributed by atoms with E-state index >= 15 is 0 Å². The molecule has 1 amide bonds. The monoisotopic (exact) mass is 1110 g/mol. The van der Waals surface area contributed by atoms with Crippen molar-refractivity contribution in [3.63, 3.8) is 0 Å². The lowest BCUT2D eigenvalue weighted by molar-refractivity contribution is -0.143. The van der Waals surface area contributed by atoms with Gasteiger partial charge in [0, 0.05) is 12.8 Å². The summed E-state index contributed by atoms with van der Waals surface area (Å²) in [5.74, 6) is -0.0566. The van der Waals surface area contributed by atoms with Gasteiger partial charge in [0.15, 0.2) is 0 Å². The van der Waals surface area contributed by atoms with E-state index < -0.39 is 12.1 Å². The molecule has 0 aromatic rings. The van der Waals surface area contributed by atoms with E-state index in [0.29, 0.717) is 19.4 Å². The normalized spacial score (nSPS) is 12.8. The number of aliphatic hydroxyl groups excluding tert-OH is 2. The highest BCUT2D eigenvalue weighted by atomic mass is 16.5. The Morgan fingerprint density at radius 3 is 0.975 bits per heavy atom. The van der Waals surface area contributed by atoms with Gasteiger partial charge in [0.2, 0.25) is 5.91 Å². The zero-order valence-corrected chi connectivity index (χ0v) is 53.1. The number of hydrogen-bond donors (Lipinski definition) is 3. The minimum Gasteiger partial charge on any atom is -0.466 e. The molecule has 0 aliphatic rings. The number of carbonyl (C=O) groups is 2. The van der Waals surface area contributed by atoms with Crippen molar-refractivity contribution in [3.8, 4) is 0 Å². The minimum absolute atomic E-state index is 0.0101. The first kappa shape index (κ1) is 76.8. The Morgan fingerprint density at radius 1 is 0.354 bits per heavy atom. The van der Waals surface area contributed by atoms with Gasteiger partial charge in [-0.3, -0.25) is 9.59 Å². The molecule has 0 saturated carbocycles. The van der Waals surface area contributed by atoms with Crippen molar-refractivity contribution < 1.29 is 24.5 Å². The van der Waals surface area contributed by atoms with Crippen molar-refractivity contribution in [1.82, 2.24) is 5.32 Å². The third kappa shape index (κ3) is 64.8. The molecule has 2 unspecified atom stereocenters. The van der Waals surface area contributed by atoms with Gasteiger partial charge < -0.3 is 20.3 Å². The molecule has 6 heteroatoms. The summed E-state index contributed by atoms with van der Waals surface area (Å²) >= 11 is 0. The van der Waals surface area contributed by atoms with Crippen molar-refractivity contribution in [2.75, 3.05) is 13.2 Å². The van der Waals surface area contributed by atoms with Crippen LogP contribution in [-0.4, -0.2) is 47.4 Å². The van der Waals surface area contributed by atoms with E-state index in [9.17, 15) is 19.8 Å². The molecule has 6 nitrogen and oxygen atoms in total. The standard InChI is InChI=1S/C73H137NO5/c1-3-5-7-9-11-13-15-17-18-19-36-39-43-47-51-55-59-63-67-73(78)79-68-64-60-56-52-48-44-40-37-34-32-30-28-26-24-22-20-21-23-25-27-29-31-33-35-38-42-46-50-54-58-62-66-72(77)74-70(69-75)71(76)65-61-57-53-49-45-41-16-14-12-10-8-6-4-2/h18-19,22,24,28,30,61,65,70-71,75-76H,3-17,20-21,23,25-27,29,31-60,62-64,66-69H2,1-2H3,(H,74,77)/b19-18-,24-22-,30-28-,65-61+. The van der Waals surface area contributed by atoms with Gasteiger partial charge in [0.05, 0.1) is 25.4 Å². The summed E-state index contributed by atoms with van der Waals surface area (Å²) in [5, 5.41) is 23.1. The van der Waals surface area contributed by atoms with Crippen molar-refractivity contribution in [3.05, 3.63) is 48.6 Å². The van der Waals surface area contributed by atoms with Gasteiger partial charge in [-0.2, -0.15) is 0 Å². The summed E-state index contributed by atoms with van der Waals surface area (Å²) in [6.07, 6.45) is 89.1. The Morgan fingerprint density at radius 2 is 0.633 bits per heavy atom. The smallest absolute Gasteiger partial charge is 0.305 e. The number of nitrogens with one attached hydrogen (secondary N) is 1. The lowest BCUT2D eigenvalue weighted by atomic mass is 10.0. The summed E-state index contributed by atoms with van der Waals surface area (Å²) < 4.78 is 5.50. The average Bonchev–Trinajstić information content (AvgIpc) is 3.45. The van der Waals surface area contributed by atoms with Gasteiger partial charge in [0.1, 0.15) is 0 Å². The van der Waals surface area contributed by atoms with E-state index in [1.165, 1.54) is 302 Å². The number of allylic oxidation sites excluding steroid dienone is 7.